The fourth-order valence-electron chi connectivity index (χ4n) is 1.20. The van der Waals surface area contributed by atoms with Gasteiger partial charge in [0, 0.05) is 11.6 Å². The van der Waals surface area contributed by atoms with Gasteiger partial charge in [-0.1, -0.05) is 12.1 Å². The number of ketones is 1. The maximum atomic E-state index is 11.6. The molecule has 0 saturated heterocycles. The number of carbonyl (C=O) groups is 2. The summed E-state index contributed by atoms with van der Waals surface area (Å²) in [5.41, 5.74) is 2.76. The van der Waals surface area contributed by atoms with Gasteiger partial charge in [-0.15, -0.1) is 0 Å². The van der Waals surface area contributed by atoms with Crippen LogP contribution in [0.5, 0.6) is 0 Å². The molecule has 1 aromatic rings. The molecule has 1 rings (SSSR count). The second-order valence-corrected chi connectivity index (χ2v) is 3.52. The van der Waals surface area contributed by atoms with Gasteiger partial charge in [-0.2, -0.15) is 0 Å². The summed E-state index contributed by atoms with van der Waals surface area (Å²) in [6.07, 6.45) is 2.34. The maximum Gasteiger partial charge on any atom is 0.330 e. The average Bonchev–Trinajstić information content (AvgIpc) is 2.29. The van der Waals surface area contributed by atoms with E-state index in [1.54, 1.807) is 12.1 Å². The predicted molar refractivity (Wildman–Crippen MR) is 61.4 cm³/mol. The Hall–Kier alpha value is -1.90. The van der Waals surface area contributed by atoms with Gasteiger partial charge in [-0.3, -0.25) is 4.79 Å². The van der Waals surface area contributed by atoms with Gasteiger partial charge in [-0.25, -0.2) is 4.79 Å². The Morgan fingerprint density at radius 3 is 2.38 bits per heavy atom. The van der Waals surface area contributed by atoms with Crippen LogP contribution in [0.3, 0.4) is 0 Å². The number of hydrogen-bond donors (Lipinski definition) is 0. The van der Waals surface area contributed by atoms with Gasteiger partial charge in [0.15, 0.2) is 5.78 Å². The van der Waals surface area contributed by atoms with Crippen molar-refractivity contribution in [2.24, 2.45) is 0 Å². The molecule has 0 radical (unpaired) electrons. The Morgan fingerprint density at radius 1 is 1.12 bits per heavy atom. The molecular weight excluding hydrogens is 204 g/mol. The smallest absolute Gasteiger partial charge is 0.330 e. The van der Waals surface area contributed by atoms with Crippen LogP contribution in [0, 0.1) is 13.8 Å². The molecule has 3 heteroatoms. The lowest BCUT2D eigenvalue weighted by atomic mass is 10.0. The minimum atomic E-state index is -0.530. The molecule has 1 aromatic carbocycles. The lowest BCUT2D eigenvalue weighted by Crippen LogP contribution is -1.99. The topological polar surface area (TPSA) is 43.4 Å². The normalized spacial score (nSPS) is 10.4. The standard InChI is InChI=1S/C13H14O3/c1-9-4-5-11(8-10(9)2)12(14)6-7-13(15)16-3/h4-8H,1-3H3/b7-6+. The summed E-state index contributed by atoms with van der Waals surface area (Å²) in [7, 11) is 1.27. The van der Waals surface area contributed by atoms with Crippen LogP contribution < -0.4 is 0 Å². The first-order chi connectivity index (χ1) is 7.54. The third-order valence-electron chi connectivity index (χ3n) is 2.36. The lowest BCUT2D eigenvalue weighted by molar-refractivity contribution is -0.134. The molecule has 0 saturated carbocycles. The van der Waals surface area contributed by atoms with Crippen LogP contribution in [0.25, 0.3) is 0 Å². The van der Waals surface area contributed by atoms with Crippen LogP contribution in [0.15, 0.2) is 30.4 Å². The summed E-state index contributed by atoms with van der Waals surface area (Å²) < 4.78 is 4.40. The van der Waals surface area contributed by atoms with Crippen LogP contribution in [0.1, 0.15) is 21.5 Å². The van der Waals surface area contributed by atoms with E-state index in [1.807, 2.05) is 19.9 Å². The molecule has 0 unspecified atom stereocenters. The molecule has 3 nitrogen and oxygen atoms in total. The number of hydrogen-bond acceptors (Lipinski definition) is 3. The van der Waals surface area contributed by atoms with Crippen molar-refractivity contribution < 1.29 is 14.3 Å². The molecule has 0 amide bonds. The monoisotopic (exact) mass is 218 g/mol. The molecule has 0 spiro atoms. The first-order valence-corrected chi connectivity index (χ1v) is 4.92. The fourth-order valence-corrected chi connectivity index (χ4v) is 1.20. The molecule has 0 aliphatic heterocycles. The molecular formula is C13H14O3. The van der Waals surface area contributed by atoms with E-state index >= 15 is 0 Å². The van der Waals surface area contributed by atoms with Crippen LogP contribution >= 0.6 is 0 Å². The average molecular weight is 218 g/mol. The third-order valence-corrected chi connectivity index (χ3v) is 2.36. The fraction of sp³-hybridized carbons (Fsp3) is 0.231. The number of rotatable bonds is 3. The zero-order chi connectivity index (χ0) is 12.1. The van der Waals surface area contributed by atoms with E-state index in [0.29, 0.717) is 5.56 Å². The summed E-state index contributed by atoms with van der Waals surface area (Å²) in [5, 5.41) is 0. The summed E-state index contributed by atoms with van der Waals surface area (Å²) in [4.78, 5) is 22.4. The Kier molecular flexibility index (Phi) is 4.00. The summed E-state index contributed by atoms with van der Waals surface area (Å²) in [6, 6.07) is 5.43. The van der Waals surface area contributed by atoms with Crippen molar-refractivity contribution in [3.05, 3.63) is 47.0 Å². The molecule has 0 heterocycles. The van der Waals surface area contributed by atoms with Gasteiger partial charge in [0.25, 0.3) is 0 Å². The molecule has 0 aromatic heterocycles. The molecule has 0 aliphatic carbocycles. The highest BCUT2D eigenvalue weighted by molar-refractivity contribution is 6.07. The van der Waals surface area contributed by atoms with Crippen molar-refractivity contribution in [2.45, 2.75) is 13.8 Å². The molecule has 0 atom stereocenters. The zero-order valence-electron chi connectivity index (χ0n) is 9.61. The molecule has 0 fully saturated rings. The van der Waals surface area contributed by atoms with E-state index in [2.05, 4.69) is 4.74 Å². The minimum Gasteiger partial charge on any atom is -0.466 e. The quantitative estimate of drug-likeness (QED) is 0.444. The molecule has 0 bridgehead atoms. The van der Waals surface area contributed by atoms with Gasteiger partial charge in [0.05, 0.1) is 7.11 Å². The van der Waals surface area contributed by atoms with Gasteiger partial charge < -0.3 is 4.74 Å². The van der Waals surface area contributed by atoms with Crippen molar-refractivity contribution in [1.82, 2.24) is 0 Å². The number of allylic oxidation sites excluding steroid dienone is 1. The number of carbonyl (C=O) groups excluding carboxylic acids is 2. The van der Waals surface area contributed by atoms with Gasteiger partial charge in [-0.05, 0) is 37.1 Å². The van der Waals surface area contributed by atoms with E-state index in [4.69, 9.17) is 0 Å². The third kappa shape index (κ3) is 3.05. The largest absolute Gasteiger partial charge is 0.466 e. The second kappa shape index (κ2) is 5.26. The summed E-state index contributed by atoms with van der Waals surface area (Å²) in [6.45, 7) is 3.92. The highest BCUT2D eigenvalue weighted by Crippen LogP contribution is 2.10. The number of ether oxygens (including phenoxy) is 1. The van der Waals surface area contributed by atoms with Crippen molar-refractivity contribution in [1.29, 1.82) is 0 Å². The van der Waals surface area contributed by atoms with E-state index in [9.17, 15) is 9.59 Å². The Labute approximate surface area is 94.7 Å². The van der Waals surface area contributed by atoms with E-state index in [0.717, 1.165) is 17.2 Å². The number of benzene rings is 1. The summed E-state index contributed by atoms with van der Waals surface area (Å²) >= 11 is 0. The highest BCUT2D eigenvalue weighted by atomic mass is 16.5. The van der Waals surface area contributed by atoms with E-state index in [1.165, 1.54) is 13.2 Å². The van der Waals surface area contributed by atoms with Crippen molar-refractivity contribution in [3.63, 3.8) is 0 Å². The number of aryl methyl sites for hydroxylation is 2. The molecule has 0 aliphatic rings. The van der Waals surface area contributed by atoms with E-state index in [-0.39, 0.29) is 5.78 Å². The Balaban J connectivity index is 2.85. The van der Waals surface area contributed by atoms with Crippen LogP contribution in [-0.2, 0) is 9.53 Å². The van der Waals surface area contributed by atoms with Gasteiger partial charge >= 0.3 is 5.97 Å². The second-order valence-electron chi connectivity index (χ2n) is 3.52. The Bertz CT molecular complexity index is 444. The molecule has 0 N–H and O–H groups in total. The van der Waals surface area contributed by atoms with Crippen molar-refractivity contribution in [2.75, 3.05) is 7.11 Å². The van der Waals surface area contributed by atoms with Crippen molar-refractivity contribution in [3.8, 4) is 0 Å². The van der Waals surface area contributed by atoms with Crippen LogP contribution in [0.2, 0.25) is 0 Å². The highest BCUT2D eigenvalue weighted by Gasteiger charge is 2.04. The molecule has 84 valence electrons. The van der Waals surface area contributed by atoms with Gasteiger partial charge in [0.2, 0.25) is 0 Å². The van der Waals surface area contributed by atoms with Crippen molar-refractivity contribution >= 4 is 11.8 Å². The Morgan fingerprint density at radius 2 is 1.81 bits per heavy atom. The van der Waals surface area contributed by atoms with E-state index < -0.39 is 5.97 Å². The van der Waals surface area contributed by atoms with Gasteiger partial charge in [0.1, 0.15) is 0 Å². The summed E-state index contributed by atoms with van der Waals surface area (Å²) in [5.74, 6) is -0.731. The zero-order valence-corrected chi connectivity index (χ0v) is 9.61. The molecule has 16 heavy (non-hydrogen) atoms. The SMILES string of the molecule is COC(=O)/C=C/C(=O)c1ccc(C)c(C)c1. The first-order valence-electron chi connectivity index (χ1n) is 4.92. The number of esters is 1. The predicted octanol–water partition coefficient (Wildman–Crippen LogP) is 2.22. The maximum absolute atomic E-state index is 11.6. The van der Waals surface area contributed by atoms with Crippen LogP contribution in [0.4, 0.5) is 0 Å². The number of methoxy groups -OCH3 is 1. The van der Waals surface area contributed by atoms with Crippen LogP contribution in [-0.4, -0.2) is 18.9 Å². The minimum absolute atomic E-state index is 0.200. The lowest BCUT2D eigenvalue weighted by Gasteiger charge is -2.01. The first kappa shape index (κ1) is 12.2.